The smallest absolute Gasteiger partial charge is 0.431 e. The Morgan fingerprint density at radius 3 is 2.28 bits per heavy atom. The zero-order chi connectivity index (χ0) is 13.3. The zero-order valence-corrected chi connectivity index (χ0v) is 9.42. The molecule has 0 unspecified atom stereocenters. The standard InChI is InChI=1S/C11H5ClF3NO2/c12-9(17)7-8(11(13,14)15)18-10(16-7)6-4-2-1-3-5-6/h1-5H. The van der Waals surface area contributed by atoms with Gasteiger partial charge in [0.15, 0.2) is 5.69 Å². The minimum Gasteiger partial charge on any atom is -0.431 e. The minimum absolute atomic E-state index is 0.299. The molecule has 94 valence electrons. The normalized spacial score (nSPS) is 11.6. The summed E-state index contributed by atoms with van der Waals surface area (Å²) in [4.78, 5) is 14.4. The van der Waals surface area contributed by atoms with E-state index in [1.54, 1.807) is 18.2 Å². The predicted octanol–water partition coefficient (Wildman–Crippen LogP) is 3.74. The summed E-state index contributed by atoms with van der Waals surface area (Å²) in [5, 5.41) is -1.31. The van der Waals surface area contributed by atoms with Crippen molar-refractivity contribution in [2.24, 2.45) is 0 Å². The second-order valence-electron chi connectivity index (χ2n) is 3.33. The predicted molar refractivity (Wildman–Crippen MR) is 57.1 cm³/mol. The van der Waals surface area contributed by atoms with Crippen LogP contribution in [-0.4, -0.2) is 10.2 Å². The van der Waals surface area contributed by atoms with E-state index >= 15 is 0 Å². The molecule has 0 aliphatic rings. The fourth-order valence-corrected chi connectivity index (χ4v) is 1.48. The quantitative estimate of drug-likeness (QED) is 0.784. The van der Waals surface area contributed by atoms with Gasteiger partial charge in [-0.1, -0.05) is 18.2 Å². The van der Waals surface area contributed by atoms with Crippen LogP contribution in [0.2, 0.25) is 0 Å². The molecule has 0 atom stereocenters. The summed E-state index contributed by atoms with van der Waals surface area (Å²) in [5.74, 6) is -1.78. The number of oxazole rings is 1. The maximum absolute atomic E-state index is 12.6. The summed E-state index contributed by atoms with van der Waals surface area (Å²) in [7, 11) is 0. The molecule has 0 radical (unpaired) electrons. The van der Waals surface area contributed by atoms with E-state index in [0.29, 0.717) is 5.56 Å². The molecule has 1 aromatic heterocycles. The lowest BCUT2D eigenvalue weighted by molar-refractivity contribution is -0.153. The van der Waals surface area contributed by atoms with Crippen molar-refractivity contribution in [2.75, 3.05) is 0 Å². The van der Waals surface area contributed by atoms with Crippen LogP contribution in [0.4, 0.5) is 13.2 Å². The summed E-state index contributed by atoms with van der Waals surface area (Å²) in [6.07, 6.45) is -4.82. The van der Waals surface area contributed by atoms with E-state index in [2.05, 4.69) is 9.40 Å². The Kier molecular flexibility index (Phi) is 3.13. The van der Waals surface area contributed by atoms with Gasteiger partial charge in [-0.25, -0.2) is 4.98 Å². The second kappa shape index (κ2) is 4.45. The van der Waals surface area contributed by atoms with Crippen molar-refractivity contribution >= 4 is 16.8 Å². The highest BCUT2D eigenvalue weighted by atomic mass is 35.5. The summed E-state index contributed by atoms with van der Waals surface area (Å²) in [5.41, 5.74) is -0.602. The van der Waals surface area contributed by atoms with Crippen LogP contribution in [0.25, 0.3) is 11.5 Å². The van der Waals surface area contributed by atoms with E-state index in [1.165, 1.54) is 12.1 Å². The first-order valence-electron chi connectivity index (χ1n) is 4.73. The van der Waals surface area contributed by atoms with Crippen LogP contribution in [0.15, 0.2) is 34.7 Å². The fourth-order valence-electron chi connectivity index (χ4n) is 1.35. The monoisotopic (exact) mass is 275 g/mol. The molecule has 1 heterocycles. The third-order valence-corrected chi connectivity index (χ3v) is 2.27. The van der Waals surface area contributed by atoms with Crippen molar-refractivity contribution in [1.29, 1.82) is 0 Å². The van der Waals surface area contributed by atoms with Gasteiger partial charge in [-0.3, -0.25) is 4.79 Å². The van der Waals surface area contributed by atoms with E-state index in [4.69, 9.17) is 11.6 Å². The molecule has 2 aromatic rings. The Labute approximate surface area is 104 Å². The molecule has 0 spiro atoms. The van der Waals surface area contributed by atoms with Gasteiger partial charge in [-0.15, -0.1) is 0 Å². The van der Waals surface area contributed by atoms with E-state index in [0.717, 1.165) is 0 Å². The highest BCUT2D eigenvalue weighted by molar-refractivity contribution is 6.67. The third kappa shape index (κ3) is 2.38. The molecular formula is C11H5ClF3NO2. The Hall–Kier alpha value is -1.82. The van der Waals surface area contributed by atoms with E-state index in [1.807, 2.05) is 0 Å². The first-order chi connectivity index (χ1) is 8.39. The SMILES string of the molecule is O=C(Cl)c1nc(-c2ccccc2)oc1C(F)(F)F. The number of carbonyl (C=O) groups is 1. The van der Waals surface area contributed by atoms with Crippen LogP contribution in [0.1, 0.15) is 16.2 Å². The van der Waals surface area contributed by atoms with Gasteiger partial charge in [0, 0.05) is 5.56 Å². The summed E-state index contributed by atoms with van der Waals surface area (Å²) < 4.78 is 42.4. The van der Waals surface area contributed by atoms with E-state index in [-0.39, 0.29) is 5.89 Å². The van der Waals surface area contributed by atoms with Crippen LogP contribution in [-0.2, 0) is 6.18 Å². The molecule has 0 amide bonds. The Morgan fingerprint density at radius 1 is 1.22 bits per heavy atom. The Bertz CT molecular complexity index is 578. The number of carbonyl (C=O) groups excluding carboxylic acids is 1. The minimum atomic E-state index is -4.82. The molecule has 2 rings (SSSR count). The molecule has 3 nitrogen and oxygen atoms in total. The lowest BCUT2D eigenvalue weighted by Gasteiger charge is -2.01. The summed E-state index contributed by atoms with van der Waals surface area (Å²) in [6.45, 7) is 0. The molecule has 1 aromatic carbocycles. The Balaban J connectivity index is 2.57. The largest absolute Gasteiger partial charge is 0.452 e. The van der Waals surface area contributed by atoms with Gasteiger partial charge in [0.25, 0.3) is 5.24 Å². The van der Waals surface area contributed by atoms with Gasteiger partial charge < -0.3 is 4.42 Å². The van der Waals surface area contributed by atoms with Gasteiger partial charge in [0.05, 0.1) is 0 Å². The number of hydrogen-bond acceptors (Lipinski definition) is 3. The first kappa shape index (κ1) is 12.6. The number of benzene rings is 1. The Morgan fingerprint density at radius 2 is 1.83 bits per heavy atom. The molecule has 0 aliphatic carbocycles. The molecule has 0 aliphatic heterocycles. The molecule has 18 heavy (non-hydrogen) atoms. The van der Waals surface area contributed by atoms with Crippen LogP contribution in [0.3, 0.4) is 0 Å². The average molecular weight is 276 g/mol. The van der Waals surface area contributed by atoms with Gasteiger partial charge in [-0.05, 0) is 23.7 Å². The molecule has 0 saturated carbocycles. The van der Waals surface area contributed by atoms with Gasteiger partial charge in [0.1, 0.15) is 0 Å². The van der Waals surface area contributed by atoms with Gasteiger partial charge >= 0.3 is 6.18 Å². The lowest BCUT2D eigenvalue weighted by atomic mass is 10.2. The number of nitrogens with zero attached hydrogens (tertiary/aromatic N) is 1. The number of halogens is 4. The zero-order valence-electron chi connectivity index (χ0n) is 8.66. The number of rotatable bonds is 2. The van der Waals surface area contributed by atoms with Gasteiger partial charge in [0.2, 0.25) is 11.7 Å². The maximum atomic E-state index is 12.6. The van der Waals surface area contributed by atoms with Crippen molar-refractivity contribution in [1.82, 2.24) is 4.98 Å². The number of alkyl halides is 3. The molecule has 0 N–H and O–H groups in total. The van der Waals surface area contributed by atoms with Crippen LogP contribution >= 0.6 is 11.6 Å². The second-order valence-corrected chi connectivity index (χ2v) is 3.68. The molecule has 7 heteroatoms. The average Bonchev–Trinajstić information content (AvgIpc) is 2.74. The van der Waals surface area contributed by atoms with Crippen molar-refractivity contribution in [2.45, 2.75) is 6.18 Å². The van der Waals surface area contributed by atoms with Crippen LogP contribution < -0.4 is 0 Å². The number of aromatic nitrogens is 1. The lowest BCUT2D eigenvalue weighted by Crippen LogP contribution is -2.08. The first-order valence-corrected chi connectivity index (χ1v) is 5.10. The van der Waals surface area contributed by atoms with Crippen molar-refractivity contribution in [3.8, 4) is 11.5 Å². The highest BCUT2D eigenvalue weighted by Crippen LogP contribution is 2.35. The summed E-state index contributed by atoms with van der Waals surface area (Å²) >= 11 is 5.05. The highest BCUT2D eigenvalue weighted by Gasteiger charge is 2.41. The molecule has 0 fully saturated rings. The molecule has 0 saturated heterocycles. The van der Waals surface area contributed by atoms with Crippen LogP contribution in [0, 0.1) is 0 Å². The van der Waals surface area contributed by atoms with Crippen LogP contribution in [0.5, 0.6) is 0 Å². The molecular weight excluding hydrogens is 271 g/mol. The summed E-state index contributed by atoms with van der Waals surface area (Å²) in [6, 6.07) is 7.91. The van der Waals surface area contributed by atoms with Crippen molar-refractivity contribution in [3.05, 3.63) is 41.8 Å². The van der Waals surface area contributed by atoms with Crippen molar-refractivity contribution < 1.29 is 22.4 Å². The molecule has 0 bridgehead atoms. The van der Waals surface area contributed by atoms with Gasteiger partial charge in [-0.2, -0.15) is 13.2 Å². The maximum Gasteiger partial charge on any atom is 0.452 e. The third-order valence-electron chi connectivity index (χ3n) is 2.09. The van der Waals surface area contributed by atoms with Crippen molar-refractivity contribution in [3.63, 3.8) is 0 Å². The van der Waals surface area contributed by atoms with E-state index < -0.39 is 22.9 Å². The topological polar surface area (TPSA) is 43.1 Å². The fraction of sp³-hybridized carbons (Fsp3) is 0.0909. The van der Waals surface area contributed by atoms with E-state index in [9.17, 15) is 18.0 Å². The number of hydrogen-bond donors (Lipinski definition) is 0.